The van der Waals surface area contributed by atoms with E-state index in [1.165, 1.54) is 4.80 Å². The number of cyclic esters (lactones) is 1. The fourth-order valence-electron chi connectivity index (χ4n) is 2.07. The molecule has 7 heteroatoms. The van der Waals surface area contributed by atoms with Gasteiger partial charge in [0.05, 0.1) is 23.4 Å². The molecule has 0 N–H and O–H groups in total. The summed E-state index contributed by atoms with van der Waals surface area (Å²) in [7, 11) is 0. The van der Waals surface area contributed by atoms with Gasteiger partial charge in [-0.3, -0.25) is 0 Å². The molecule has 0 atom stereocenters. The number of benzene rings is 1. The number of rotatable bonds is 2. The van der Waals surface area contributed by atoms with Gasteiger partial charge in [0.25, 0.3) is 0 Å². The molecule has 1 aliphatic rings. The van der Waals surface area contributed by atoms with E-state index in [-0.39, 0.29) is 0 Å². The van der Waals surface area contributed by atoms with Gasteiger partial charge in [0.2, 0.25) is 5.79 Å². The van der Waals surface area contributed by atoms with Crippen molar-refractivity contribution in [2.75, 3.05) is 0 Å². The lowest BCUT2D eigenvalue weighted by molar-refractivity contribution is -0.127. The van der Waals surface area contributed by atoms with E-state index in [2.05, 4.69) is 26.1 Å². The molecule has 104 valence electrons. The predicted molar refractivity (Wildman–Crippen MR) is 73.4 cm³/mol. The Hall–Kier alpha value is -1.89. The second-order valence-corrected chi connectivity index (χ2v) is 5.72. The third-order valence-corrected chi connectivity index (χ3v) is 3.49. The predicted octanol–water partition coefficient (Wildman–Crippen LogP) is 2.37. The van der Waals surface area contributed by atoms with Crippen molar-refractivity contribution < 1.29 is 14.3 Å². The zero-order valence-corrected chi connectivity index (χ0v) is 12.5. The first-order valence-corrected chi connectivity index (χ1v) is 6.83. The second kappa shape index (κ2) is 4.59. The van der Waals surface area contributed by atoms with Gasteiger partial charge in [0.1, 0.15) is 5.56 Å². The lowest BCUT2D eigenvalue weighted by atomic mass is 10.0. The van der Waals surface area contributed by atoms with Crippen LogP contribution in [0.4, 0.5) is 0 Å². The summed E-state index contributed by atoms with van der Waals surface area (Å²) < 4.78 is 11.7. The molecule has 0 aliphatic carbocycles. The van der Waals surface area contributed by atoms with E-state index in [1.54, 1.807) is 26.2 Å². The highest BCUT2D eigenvalue weighted by Gasteiger charge is 2.36. The van der Waals surface area contributed by atoms with Crippen molar-refractivity contribution in [3.05, 3.63) is 40.1 Å². The number of hydrogen-bond donors (Lipinski definition) is 0. The van der Waals surface area contributed by atoms with Crippen molar-refractivity contribution >= 4 is 21.9 Å². The molecule has 2 aromatic rings. The highest BCUT2D eigenvalue weighted by atomic mass is 79.9. The molecule has 0 unspecified atom stereocenters. The maximum absolute atomic E-state index is 12.2. The van der Waals surface area contributed by atoms with Crippen molar-refractivity contribution in [2.45, 2.75) is 26.2 Å². The standard InChI is InChI=1S/C13H12BrN3O3/c1-13(2)19-11-9(14)4-3-8(10(11)12(18)20-13)7-17-15-5-6-16-17/h3-6H,7H2,1-2H3. The van der Waals surface area contributed by atoms with E-state index in [4.69, 9.17) is 9.47 Å². The average molecular weight is 338 g/mol. The average Bonchev–Trinajstić information content (AvgIpc) is 2.84. The molecular weight excluding hydrogens is 326 g/mol. The number of ether oxygens (including phenoxy) is 2. The van der Waals surface area contributed by atoms with Crippen LogP contribution in [0, 0.1) is 0 Å². The molecule has 0 bridgehead atoms. The molecule has 6 nitrogen and oxygen atoms in total. The number of fused-ring (bicyclic) bond motifs is 1. The van der Waals surface area contributed by atoms with E-state index < -0.39 is 11.8 Å². The van der Waals surface area contributed by atoms with Gasteiger partial charge >= 0.3 is 5.97 Å². The molecule has 0 saturated heterocycles. The molecule has 0 saturated carbocycles. The number of esters is 1. The normalized spacial score (nSPS) is 16.2. The van der Waals surface area contributed by atoms with Gasteiger partial charge in [0.15, 0.2) is 5.75 Å². The van der Waals surface area contributed by atoms with Crippen LogP contribution >= 0.6 is 15.9 Å². The first-order valence-electron chi connectivity index (χ1n) is 6.04. The molecule has 0 spiro atoms. The van der Waals surface area contributed by atoms with Gasteiger partial charge in [0, 0.05) is 13.8 Å². The van der Waals surface area contributed by atoms with Crippen LogP contribution in [0.15, 0.2) is 29.0 Å². The molecule has 1 aromatic carbocycles. The summed E-state index contributed by atoms with van der Waals surface area (Å²) in [5.41, 5.74) is 1.16. The first-order chi connectivity index (χ1) is 9.46. The van der Waals surface area contributed by atoms with Gasteiger partial charge in [-0.05, 0) is 27.6 Å². The number of carbonyl (C=O) groups excluding carboxylic acids is 1. The highest BCUT2D eigenvalue weighted by molar-refractivity contribution is 9.10. The third kappa shape index (κ3) is 2.29. The van der Waals surface area contributed by atoms with Crippen molar-refractivity contribution in [2.24, 2.45) is 0 Å². The van der Waals surface area contributed by atoms with Crippen LogP contribution in [-0.2, 0) is 11.3 Å². The number of carbonyl (C=O) groups is 1. The number of halogens is 1. The zero-order valence-electron chi connectivity index (χ0n) is 11.0. The zero-order chi connectivity index (χ0) is 14.3. The van der Waals surface area contributed by atoms with E-state index >= 15 is 0 Å². The summed E-state index contributed by atoms with van der Waals surface area (Å²) in [6.07, 6.45) is 3.17. The molecule has 0 radical (unpaired) electrons. The summed E-state index contributed by atoms with van der Waals surface area (Å²) in [6, 6.07) is 3.67. The molecule has 1 aliphatic heterocycles. The molecule has 0 fully saturated rings. The molecule has 2 heterocycles. The third-order valence-electron chi connectivity index (χ3n) is 2.86. The summed E-state index contributed by atoms with van der Waals surface area (Å²) in [4.78, 5) is 13.7. The number of nitrogens with zero attached hydrogens (tertiary/aromatic N) is 3. The fraction of sp³-hybridized carbons (Fsp3) is 0.308. The minimum absolute atomic E-state index is 0.376. The van der Waals surface area contributed by atoms with Gasteiger partial charge in [-0.1, -0.05) is 6.07 Å². The van der Waals surface area contributed by atoms with E-state index in [1.807, 2.05) is 12.1 Å². The molecule has 3 rings (SSSR count). The van der Waals surface area contributed by atoms with Crippen molar-refractivity contribution in [1.29, 1.82) is 0 Å². The maximum Gasteiger partial charge on any atom is 0.345 e. The largest absolute Gasteiger partial charge is 0.451 e. The summed E-state index contributed by atoms with van der Waals surface area (Å²) in [5, 5.41) is 8.07. The molecule has 0 amide bonds. The van der Waals surface area contributed by atoms with Gasteiger partial charge in [-0.15, -0.1) is 0 Å². The van der Waals surface area contributed by atoms with Crippen molar-refractivity contribution in [3.63, 3.8) is 0 Å². The van der Waals surface area contributed by atoms with Gasteiger partial charge in [-0.25, -0.2) is 4.79 Å². The highest BCUT2D eigenvalue weighted by Crippen LogP contribution is 2.39. The number of hydrogen-bond acceptors (Lipinski definition) is 5. The Kier molecular flexibility index (Phi) is 3.01. The van der Waals surface area contributed by atoms with Crippen LogP contribution in [0.3, 0.4) is 0 Å². The molecular formula is C13H12BrN3O3. The van der Waals surface area contributed by atoms with Gasteiger partial charge in [-0.2, -0.15) is 15.0 Å². The lowest BCUT2D eigenvalue weighted by Gasteiger charge is -2.33. The smallest absolute Gasteiger partial charge is 0.345 e. The maximum atomic E-state index is 12.2. The summed E-state index contributed by atoms with van der Waals surface area (Å²) in [5.74, 6) is -0.884. The monoisotopic (exact) mass is 337 g/mol. The minimum atomic E-state index is -0.977. The SMILES string of the molecule is CC1(C)OC(=O)c2c(Cn3nccn3)ccc(Br)c2O1. The summed E-state index contributed by atoms with van der Waals surface area (Å²) in [6.45, 7) is 3.77. The Morgan fingerprint density at radius 2 is 1.95 bits per heavy atom. The van der Waals surface area contributed by atoms with Crippen LogP contribution in [0.2, 0.25) is 0 Å². The van der Waals surface area contributed by atoms with E-state index in [0.29, 0.717) is 17.9 Å². The first kappa shape index (κ1) is 13.1. The quantitative estimate of drug-likeness (QED) is 0.787. The van der Waals surface area contributed by atoms with Crippen LogP contribution in [0.1, 0.15) is 29.8 Å². The van der Waals surface area contributed by atoms with Crippen LogP contribution in [0.25, 0.3) is 0 Å². The lowest BCUT2D eigenvalue weighted by Crippen LogP contribution is -2.39. The van der Waals surface area contributed by atoms with Crippen molar-refractivity contribution in [1.82, 2.24) is 15.0 Å². The number of aromatic nitrogens is 3. The van der Waals surface area contributed by atoms with Crippen LogP contribution < -0.4 is 4.74 Å². The van der Waals surface area contributed by atoms with Crippen LogP contribution in [-0.4, -0.2) is 26.8 Å². The van der Waals surface area contributed by atoms with Crippen molar-refractivity contribution in [3.8, 4) is 5.75 Å². The summed E-state index contributed by atoms with van der Waals surface area (Å²) >= 11 is 3.40. The van der Waals surface area contributed by atoms with Crippen LogP contribution in [0.5, 0.6) is 5.75 Å². The molecule has 1 aromatic heterocycles. The van der Waals surface area contributed by atoms with Gasteiger partial charge < -0.3 is 9.47 Å². The van der Waals surface area contributed by atoms with E-state index in [0.717, 1.165) is 10.0 Å². The second-order valence-electron chi connectivity index (χ2n) is 4.86. The Bertz CT molecular complexity index is 668. The Morgan fingerprint density at radius 1 is 1.25 bits per heavy atom. The topological polar surface area (TPSA) is 66.2 Å². The Morgan fingerprint density at radius 3 is 2.65 bits per heavy atom. The minimum Gasteiger partial charge on any atom is -0.451 e. The Balaban J connectivity index is 2.08. The Labute approximate surface area is 123 Å². The fourth-order valence-corrected chi connectivity index (χ4v) is 2.48. The van der Waals surface area contributed by atoms with E-state index in [9.17, 15) is 4.79 Å². The molecule has 20 heavy (non-hydrogen) atoms.